The summed E-state index contributed by atoms with van der Waals surface area (Å²) in [4.78, 5) is 18.2. The molecule has 1 aliphatic heterocycles. The number of piperidine rings is 1. The van der Waals surface area contributed by atoms with Gasteiger partial charge in [0.1, 0.15) is 6.17 Å². The average molecular weight is 346 g/mol. The van der Waals surface area contributed by atoms with E-state index in [1.807, 2.05) is 16.5 Å². The van der Waals surface area contributed by atoms with Crippen molar-refractivity contribution in [3.63, 3.8) is 0 Å². The molecule has 1 atom stereocenters. The Balaban J connectivity index is 2.11. The summed E-state index contributed by atoms with van der Waals surface area (Å²) in [5, 5.41) is 0.999. The van der Waals surface area contributed by atoms with Gasteiger partial charge in [-0.05, 0) is 36.6 Å². The topological polar surface area (TPSA) is 50.2 Å². The molecule has 26 heavy (non-hydrogen) atoms. The Labute approximate surface area is 156 Å². The number of hydrogen-bond acceptors (Lipinski definition) is 3. The molecule has 5 nitrogen and oxygen atoms in total. The molecule has 2 heterocycles. The molecule has 1 saturated heterocycles. The van der Waals surface area contributed by atoms with Gasteiger partial charge < -0.3 is 14.8 Å². The van der Waals surface area contributed by atoms with Crippen molar-refractivity contribution < 1.29 is 9.18 Å². The van der Waals surface area contributed by atoms with Gasteiger partial charge in [-0.2, -0.15) is 0 Å². The first-order valence-corrected chi connectivity index (χ1v) is 8.40. The van der Waals surface area contributed by atoms with Gasteiger partial charge in [-0.25, -0.2) is 9.37 Å². The first kappa shape index (κ1) is 18.6. The maximum Gasteiger partial charge on any atom is 0.247 e. The van der Waals surface area contributed by atoms with E-state index in [-0.39, 0.29) is 0 Å². The molecule has 1 N–H and O–H groups in total. The number of amides is 1. The minimum atomic E-state index is -1.66. The van der Waals surface area contributed by atoms with Gasteiger partial charge in [-0.15, -0.1) is 5.11 Å². The number of hydrogen-bond donors (Lipinski definition) is 1. The lowest BCUT2D eigenvalue weighted by atomic mass is 9.40. The van der Waals surface area contributed by atoms with Crippen LogP contribution in [0, 0.1) is 0 Å². The summed E-state index contributed by atoms with van der Waals surface area (Å²) in [7, 11) is 19.5. The number of rotatable bonds is 4. The largest absolute Gasteiger partial charge is 0.339 e. The van der Waals surface area contributed by atoms with E-state index in [2.05, 4.69) is 16.9 Å². The third-order valence-electron chi connectivity index (χ3n) is 4.55. The van der Waals surface area contributed by atoms with Gasteiger partial charge in [0.15, 0.2) is 0 Å². The number of fused-ring (bicyclic) bond motifs is 1. The molecular formula is C17H18B3FN4O. The first-order chi connectivity index (χ1) is 12.2. The number of aryl methyl sites for hydroxylation is 1. The van der Waals surface area contributed by atoms with Gasteiger partial charge in [0.2, 0.25) is 11.9 Å². The lowest BCUT2D eigenvalue weighted by molar-refractivity contribution is -0.111. The Morgan fingerprint density at radius 3 is 2.81 bits per heavy atom. The zero-order valence-electron chi connectivity index (χ0n) is 14.7. The highest BCUT2D eigenvalue weighted by Crippen LogP contribution is 2.32. The molecule has 3 rings (SSSR count). The summed E-state index contributed by atoms with van der Waals surface area (Å²) >= 11 is 0. The Morgan fingerprint density at radius 1 is 1.46 bits per heavy atom. The number of alkyl halides is 1. The van der Waals surface area contributed by atoms with Crippen molar-refractivity contribution in [2.75, 3.05) is 23.3 Å². The van der Waals surface area contributed by atoms with E-state index in [0.29, 0.717) is 35.7 Å². The molecule has 128 valence electrons. The van der Waals surface area contributed by atoms with Gasteiger partial charge in [-0.1, -0.05) is 6.58 Å². The molecule has 1 fully saturated rings. The highest BCUT2D eigenvalue weighted by Gasteiger charge is 2.25. The minimum Gasteiger partial charge on any atom is -0.339 e. The number of aromatic nitrogens is 2. The van der Waals surface area contributed by atoms with Crippen LogP contribution in [0.3, 0.4) is 0 Å². The van der Waals surface area contributed by atoms with Crippen LogP contribution in [0.5, 0.6) is 0 Å². The second kappa shape index (κ2) is 6.85. The smallest absolute Gasteiger partial charge is 0.247 e. The van der Waals surface area contributed by atoms with Crippen molar-refractivity contribution in [3.05, 3.63) is 30.4 Å². The lowest BCUT2D eigenvalue weighted by Gasteiger charge is -2.29. The summed E-state index contributed by atoms with van der Waals surface area (Å²) in [5.74, 6) is 0.236. The van der Waals surface area contributed by atoms with Gasteiger partial charge in [-0.3, -0.25) is 4.79 Å². The molecule has 9 heteroatoms. The molecule has 1 aromatic carbocycles. The number of nitrogens with one attached hydrogen (secondary N) is 1. The number of halogens is 1. The van der Waals surface area contributed by atoms with E-state index in [1.54, 1.807) is 12.1 Å². The zero-order valence-corrected chi connectivity index (χ0v) is 14.7. The number of imidazole rings is 1. The van der Waals surface area contributed by atoms with Crippen LogP contribution in [0.4, 0.5) is 16.0 Å². The Morgan fingerprint density at radius 2 is 2.19 bits per heavy atom. The predicted octanol–water partition coefficient (Wildman–Crippen LogP) is 1.25. The van der Waals surface area contributed by atoms with E-state index in [0.717, 1.165) is 24.6 Å². The monoisotopic (exact) mass is 346 g/mol. The van der Waals surface area contributed by atoms with E-state index >= 15 is 0 Å². The van der Waals surface area contributed by atoms with Crippen LogP contribution in [0.1, 0.15) is 18.4 Å². The molecule has 6 radical (unpaired) electrons. The average Bonchev–Trinajstić information content (AvgIpc) is 2.89. The van der Waals surface area contributed by atoms with Crippen LogP contribution < -0.4 is 10.2 Å². The number of anilines is 2. The van der Waals surface area contributed by atoms with Crippen LogP contribution in [0.2, 0.25) is 0 Å². The van der Waals surface area contributed by atoms with Gasteiger partial charge in [0.05, 0.1) is 41.1 Å². The maximum absolute atomic E-state index is 13.8. The Kier molecular flexibility index (Phi) is 4.91. The van der Waals surface area contributed by atoms with E-state index in [4.69, 9.17) is 23.5 Å². The van der Waals surface area contributed by atoms with E-state index in [9.17, 15) is 9.18 Å². The number of carbonyl (C=O) groups excluding carboxylic acids is 1. The molecule has 1 amide bonds. The van der Waals surface area contributed by atoms with Crippen molar-refractivity contribution in [2.45, 2.75) is 24.1 Å². The minimum absolute atomic E-state index is 0.304. The normalized spacial score (nSPS) is 18.1. The lowest BCUT2D eigenvalue weighted by Crippen LogP contribution is -2.37. The van der Waals surface area contributed by atoms with Crippen molar-refractivity contribution >= 4 is 52.1 Å². The zero-order chi connectivity index (χ0) is 19.1. The molecule has 1 aliphatic rings. The molecule has 2 aromatic rings. The summed E-state index contributed by atoms with van der Waals surface area (Å²) in [6.07, 6.45) is 1.61. The molecule has 0 spiro atoms. The van der Waals surface area contributed by atoms with E-state index in [1.165, 1.54) is 0 Å². The molecule has 0 unspecified atom stereocenters. The van der Waals surface area contributed by atoms with E-state index < -0.39 is 17.2 Å². The molecule has 0 saturated carbocycles. The van der Waals surface area contributed by atoms with Crippen molar-refractivity contribution in [3.8, 4) is 0 Å². The highest BCUT2D eigenvalue weighted by molar-refractivity contribution is 6.59. The predicted molar refractivity (Wildman–Crippen MR) is 105 cm³/mol. The number of nitrogens with zero attached hydrogens (tertiary/aromatic N) is 3. The Hall–Kier alpha value is -2.18. The molecule has 1 aromatic heterocycles. The summed E-state index contributed by atoms with van der Waals surface area (Å²) in [6, 6.07) is 3.36. The van der Waals surface area contributed by atoms with Crippen LogP contribution in [0.15, 0.2) is 24.8 Å². The first-order valence-electron chi connectivity index (χ1n) is 8.40. The van der Waals surface area contributed by atoms with Crippen molar-refractivity contribution in [2.24, 2.45) is 7.05 Å². The summed E-state index contributed by atoms with van der Waals surface area (Å²) in [5.41, 5.74) is 2.08. The second-order valence-electron chi connectivity index (χ2n) is 6.67. The van der Waals surface area contributed by atoms with Crippen LogP contribution in [0.25, 0.3) is 11.0 Å². The van der Waals surface area contributed by atoms with Crippen LogP contribution in [-0.4, -0.2) is 58.3 Å². The summed E-state index contributed by atoms with van der Waals surface area (Å²) < 4.78 is 15.6. The van der Waals surface area contributed by atoms with Gasteiger partial charge >= 0.3 is 0 Å². The fourth-order valence-electron chi connectivity index (χ4n) is 3.26. The fraction of sp³-hybridized carbons (Fsp3) is 0.412. The highest BCUT2D eigenvalue weighted by atomic mass is 19.1. The third kappa shape index (κ3) is 3.52. The number of carbonyl (C=O) groups is 1. The molecule has 0 aliphatic carbocycles. The SMILES string of the molecule is [B]C([B])([B])c1cc2c(cc1NC(=O)C=C)nc(N1CCC[C@@H](F)C1)n2C. The second-order valence-corrected chi connectivity index (χ2v) is 6.67. The molecule has 0 bridgehead atoms. The van der Waals surface area contributed by atoms with Crippen LogP contribution in [-0.2, 0) is 17.0 Å². The van der Waals surface area contributed by atoms with Crippen LogP contribution >= 0.6 is 0 Å². The Bertz CT molecular complexity index is 862. The maximum atomic E-state index is 13.8. The van der Waals surface area contributed by atoms with Gasteiger partial charge in [0.25, 0.3) is 0 Å². The quantitative estimate of drug-likeness (QED) is 0.670. The third-order valence-corrected chi connectivity index (χ3v) is 4.55. The standard InChI is InChI=1S/C17H18B3FN4O/c1-3-15(26)22-12-8-13-14(7-11(12)17(18,19)20)24(2)16(23-13)25-6-4-5-10(21)9-25/h3,7-8,10H,1,4-6,9H2,2H3,(H,22,26)/t10-/m1/s1. The number of benzene rings is 1. The van der Waals surface area contributed by atoms with Crippen molar-refractivity contribution in [1.82, 2.24) is 9.55 Å². The van der Waals surface area contributed by atoms with Crippen molar-refractivity contribution in [1.29, 1.82) is 0 Å². The fourth-order valence-corrected chi connectivity index (χ4v) is 3.26. The van der Waals surface area contributed by atoms with Gasteiger partial charge in [0, 0.05) is 19.3 Å². The molecular weight excluding hydrogens is 328 g/mol. The summed E-state index contributed by atoms with van der Waals surface area (Å²) in [6.45, 7) is 4.47.